The molecule has 1 amide bonds. The number of rotatable bonds is 5. The minimum Gasteiger partial charge on any atom is -0.493 e. The van der Waals surface area contributed by atoms with Gasteiger partial charge in [0.15, 0.2) is 0 Å². The molecule has 0 bridgehead atoms. The third-order valence-corrected chi connectivity index (χ3v) is 4.19. The molecule has 1 saturated carbocycles. The van der Waals surface area contributed by atoms with Gasteiger partial charge in [-0.25, -0.2) is 0 Å². The van der Waals surface area contributed by atoms with Gasteiger partial charge in [0, 0.05) is 18.3 Å². The molecule has 1 aromatic carbocycles. The van der Waals surface area contributed by atoms with Crippen LogP contribution in [0.5, 0.6) is 5.75 Å². The van der Waals surface area contributed by atoms with E-state index in [0.717, 1.165) is 12.8 Å². The summed E-state index contributed by atoms with van der Waals surface area (Å²) >= 11 is 0. The highest BCUT2D eigenvalue weighted by Gasteiger charge is 2.28. The topological polar surface area (TPSA) is 55.6 Å². The van der Waals surface area contributed by atoms with Crippen LogP contribution in [0.15, 0.2) is 18.2 Å². The number of carbonyl (C=O) groups excluding carboxylic acids is 1. The van der Waals surface area contributed by atoms with Crippen molar-refractivity contribution in [3.05, 3.63) is 23.8 Å². The summed E-state index contributed by atoms with van der Waals surface area (Å²) in [5.41, 5.74) is 7.07. The number of hydrogen-bond acceptors (Lipinski definition) is 3. The molecule has 116 valence electrons. The van der Waals surface area contributed by atoms with Gasteiger partial charge >= 0.3 is 0 Å². The van der Waals surface area contributed by atoms with E-state index < -0.39 is 0 Å². The number of carbonyl (C=O) groups is 1. The van der Waals surface area contributed by atoms with Gasteiger partial charge in [0.25, 0.3) is 5.91 Å². The molecule has 1 aliphatic rings. The van der Waals surface area contributed by atoms with Gasteiger partial charge in [0.05, 0.1) is 6.61 Å². The fourth-order valence-electron chi connectivity index (χ4n) is 3.16. The maximum absolute atomic E-state index is 13.0. The normalized spacial score (nSPS) is 15.7. The molecule has 0 unspecified atom stereocenters. The summed E-state index contributed by atoms with van der Waals surface area (Å²) in [5, 5.41) is 0. The van der Waals surface area contributed by atoms with Gasteiger partial charge in [-0.3, -0.25) is 4.79 Å². The van der Waals surface area contributed by atoms with E-state index in [-0.39, 0.29) is 5.91 Å². The molecule has 21 heavy (non-hydrogen) atoms. The molecule has 1 aliphatic carbocycles. The molecule has 0 spiro atoms. The van der Waals surface area contributed by atoms with Gasteiger partial charge in [-0.2, -0.15) is 0 Å². The molecule has 0 radical (unpaired) electrons. The van der Waals surface area contributed by atoms with Crippen LogP contribution >= 0.6 is 0 Å². The molecule has 0 saturated heterocycles. The standard InChI is InChI=1S/C17H26N2O2/c1-3-19(13-9-6-5-7-10-13)17(20)16-14(18)11-8-12-15(16)21-4-2/h8,11-13H,3-7,9-10,18H2,1-2H3. The maximum atomic E-state index is 13.0. The second-order valence-electron chi connectivity index (χ2n) is 5.54. The van der Waals surface area contributed by atoms with Crippen LogP contribution in [0.1, 0.15) is 56.3 Å². The summed E-state index contributed by atoms with van der Waals surface area (Å²) in [6.07, 6.45) is 5.88. The van der Waals surface area contributed by atoms with Crippen LogP contribution in [-0.4, -0.2) is 30.0 Å². The molecule has 2 N–H and O–H groups in total. The molecular weight excluding hydrogens is 264 g/mol. The number of nitrogens with zero attached hydrogens (tertiary/aromatic N) is 1. The predicted molar refractivity (Wildman–Crippen MR) is 85.6 cm³/mol. The van der Waals surface area contributed by atoms with Gasteiger partial charge in [-0.1, -0.05) is 25.3 Å². The minimum absolute atomic E-state index is 0.00551. The van der Waals surface area contributed by atoms with Crippen molar-refractivity contribution in [3.8, 4) is 5.75 Å². The Morgan fingerprint density at radius 2 is 2.00 bits per heavy atom. The Hall–Kier alpha value is -1.71. The van der Waals surface area contributed by atoms with E-state index >= 15 is 0 Å². The van der Waals surface area contributed by atoms with Crippen molar-refractivity contribution in [2.45, 2.75) is 52.0 Å². The van der Waals surface area contributed by atoms with Crippen molar-refractivity contribution in [2.75, 3.05) is 18.9 Å². The van der Waals surface area contributed by atoms with Crippen LogP contribution in [0.3, 0.4) is 0 Å². The average molecular weight is 290 g/mol. The van der Waals surface area contributed by atoms with Gasteiger partial charge in [0.1, 0.15) is 11.3 Å². The monoisotopic (exact) mass is 290 g/mol. The number of amides is 1. The van der Waals surface area contributed by atoms with Gasteiger partial charge < -0.3 is 15.4 Å². The van der Waals surface area contributed by atoms with Gasteiger partial charge in [-0.05, 0) is 38.8 Å². The van der Waals surface area contributed by atoms with E-state index in [9.17, 15) is 4.79 Å². The number of ether oxygens (including phenoxy) is 1. The Labute approximate surface area is 127 Å². The highest BCUT2D eigenvalue weighted by atomic mass is 16.5. The fourth-order valence-corrected chi connectivity index (χ4v) is 3.16. The number of anilines is 1. The highest BCUT2D eigenvalue weighted by molar-refractivity contribution is 6.02. The Morgan fingerprint density at radius 3 is 2.62 bits per heavy atom. The Balaban J connectivity index is 2.28. The fraction of sp³-hybridized carbons (Fsp3) is 0.588. The minimum atomic E-state index is 0.00551. The summed E-state index contributed by atoms with van der Waals surface area (Å²) in [6.45, 7) is 5.19. The molecule has 0 atom stereocenters. The van der Waals surface area contributed by atoms with Crippen molar-refractivity contribution in [1.29, 1.82) is 0 Å². The molecule has 1 fully saturated rings. The van der Waals surface area contributed by atoms with E-state index in [1.807, 2.05) is 30.9 Å². The quantitative estimate of drug-likeness (QED) is 0.845. The number of hydrogen-bond donors (Lipinski definition) is 1. The van der Waals surface area contributed by atoms with E-state index in [0.29, 0.717) is 36.2 Å². The average Bonchev–Trinajstić information content (AvgIpc) is 2.49. The maximum Gasteiger partial charge on any atom is 0.259 e. The lowest BCUT2D eigenvalue weighted by Crippen LogP contribution is -2.41. The van der Waals surface area contributed by atoms with Crippen molar-refractivity contribution in [3.63, 3.8) is 0 Å². The molecule has 0 heterocycles. The summed E-state index contributed by atoms with van der Waals surface area (Å²) in [6, 6.07) is 5.76. The lowest BCUT2D eigenvalue weighted by molar-refractivity contribution is 0.0645. The largest absolute Gasteiger partial charge is 0.493 e. The third-order valence-electron chi connectivity index (χ3n) is 4.19. The SMILES string of the molecule is CCOc1cccc(N)c1C(=O)N(CC)C1CCCCC1. The molecule has 0 aromatic heterocycles. The molecule has 0 aliphatic heterocycles. The number of nitrogen functional groups attached to an aromatic ring is 1. The van der Waals surface area contributed by atoms with E-state index in [1.54, 1.807) is 6.07 Å². The lowest BCUT2D eigenvalue weighted by atomic mass is 9.93. The first-order chi connectivity index (χ1) is 10.2. The summed E-state index contributed by atoms with van der Waals surface area (Å²) in [4.78, 5) is 14.9. The van der Waals surface area contributed by atoms with Gasteiger partial charge in [0.2, 0.25) is 0 Å². The second kappa shape index (κ2) is 7.34. The Kier molecular flexibility index (Phi) is 5.48. The third kappa shape index (κ3) is 3.49. The molecule has 2 rings (SSSR count). The van der Waals surface area contributed by atoms with Crippen molar-refractivity contribution >= 4 is 11.6 Å². The molecular formula is C17H26N2O2. The first-order valence-electron chi connectivity index (χ1n) is 8.01. The Bertz CT molecular complexity index is 482. The summed E-state index contributed by atoms with van der Waals surface area (Å²) < 4.78 is 5.59. The van der Waals surface area contributed by atoms with E-state index in [2.05, 4.69) is 0 Å². The highest BCUT2D eigenvalue weighted by Crippen LogP contribution is 2.29. The Morgan fingerprint density at radius 1 is 1.29 bits per heavy atom. The zero-order valence-corrected chi connectivity index (χ0v) is 13.1. The molecule has 4 heteroatoms. The predicted octanol–water partition coefficient (Wildman–Crippen LogP) is 3.46. The van der Waals surface area contributed by atoms with Gasteiger partial charge in [-0.15, -0.1) is 0 Å². The van der Waals surface area contributed by atoms with Crippen LogP contribution in [0.2, 0.25) is 0 Å². The zero-order chi connectivity index (χ0) is 15.2. The van der Waals surface area contributed by atoms with E-state index in [4.69, 9.17) is 10.5 Å². The van der Waals surface area contributed by atoms with Crippen LogP contribution in [0.4, 0.5) is 5.69 Å². The first-order valence-corrected chi connectivity index (χ1v) is 8.01. The molecule has 4 nitrogen and oxygen atoms in total. The van der Waals surface area contributed by atoms with E-state index in [1.165, 1.54) is 19.3 Å². The van der Waals surface area contributed by atoms with Crippen LogP contribution < -0.4 is 10.5 Å². The lowest BCUT2D eigenvalue weighted by Gasteiger charge is -2.34. The summed E-state index contributed by atoms with van der Waals surface area (Å²) in [7, 11) is 0. The molecule has 1 aromatic rings. The van der Waals surface area contributed by atoms with Crippen molar-refractivity contribution < 1.29 is 9.53 Å². The number of benzene rings is 1. The van der Waals surface area contributed by atoms with Crippen molar-refractivity contribution in [2.24, 2.45) is 0 Å². The zero-order valence-electron chi connectivity index (χ0n) is 13.1. The first kappa shape index (κ1) is 15.7. The summed E-state index contributed by atoms with van der Waals surface area (Å²) in [5.74, 6) is 0.600. The van der Waals surface area contributed by atoms with Crippen LogP contribution in [0, 0.1) is 0 Å². The van der Waals surface area contributed by atoms with Crippen LogP contribution in [0.25, 0.3) is 0 Å². The van der Waals surface area contributed by atoms with Crippen LogP contribution in [-0.2, 0) is 0 Å². The van der Waals surface area contributed by atoms with Crippen molar-refractivity contribution in [1.82, 2.24) is 4.90 Å². The second-order valence-corrected chi connectivity index (χ2v) is 5.54. The number of nitrogens with two attached hydrogens (primary N) is 1. The smallest absolute Gasteiger partial charge is 0.259 e.